The molecule has 0 aromatic carbocycles. The second-order valence-electron chi connectivity index (χ2n) is 3.92. The summed E-state index contributed by atoms with van der Waals surface area (Å²) in [6.45, 7) is 7.80. The van der Waals surface area contributed by atoms with Gasteiger partial charge in [-0.15, -0.1) is 11.3 Å². The topological polar surface area (TPSA) is 12.0 Å². The zero-order valence-corrected chi connectivity index (χ0v) is 12.1. The van der Waals surface area contributed by atoms with Crippen LogP contribution < -0.4 is 5.32 Å². The first-order chi connectivity index (χ1) is 7.17. The quantitative estimate of drug-likeness (QED) is 0.832. The molecule has 0 aliphatic heterocycles. The van der Waals surface area contributed by atoms with Crippen molar-refractivity contribution in [1.29, 1.82) is 0 Å². The number of rotatable bonds is 6. The minimum Gasteiger partial charge on any atom is -0.314 e. The molecule has 0 aliphatic carbocycles. The van der Waals surface area contributed by atoms with Gasteiger partial charge in [-0.05, 0) is 53.9 Å². The Hall–Kier alpha value is 0.140. The highest BCUT2D eigenvalue weighted by molar-refractivity contribution is 9.11. The first kappa shape index (κ1) is 13.2. The van der Waals surface area contributed by atoms with Crippen LogP contribution in [0.5, 0.6) is 0 Å². The van der Waals surface area contributed by atoms with Gasteiger partial charge in [-0.25, -0.2) is 0 Å². The Morgan fingerprint density at radius 3 is 2.60 bits per heavy atom. The fraction of sp³-hybridized carbons (Fsp3) is 0.667. The number of thiophene rings is 1. The van der Waals surface area contributed by atoms with Gasteiger partial charge in [0.1, 0.15) is 0 Å². The molecular weight excluding hydrogens is 270 g/mol. The van der Waals surface area contributed by atoms with Crippen molar-refractivity contribution in [1.82, 2.24) is 5.32 Å². The molecule has 2 atom stereocenters. The predicted octanol–water partition coefficient (Wildman–Crippen LogP) is 4.08. The van der Waals surface area contributed by atoms with Gasteiger partial charge in [0.15, 0.2) is 0 Å². The smallest absolute Gasteiger partial charge is 0.0701 e. The zero-order valence-electron chi connectivity index (χ0n) is 9.72. The van der Waals surface area contributed by atoms with Crippen LogP contribution in [0, 0.1) is 5.92 Å². The number of halogens is 1. The van der Waals surface area contributed by atoms with Crippen molar-refractivity contribution in [2.24, 2.45) is 5.92 Å². The maximum absolute atomic E-state index is 3.52. The summed E-state index contributed by atoms with van der Waals surface area (Å²) >= 11 is 5.37. The molecule has 1 rings (SSSR count). The lowest BCUT2D eigenvalue weighted by molar-refractivity contribution is 0.369. The van der Waals surface area contributed by atoms with Crippen molar-refractivity contribution in [3.63, 3.8) is 0 Å². The van der Waals surface area contributed by atoms with Gasteiger partial charge in [-0.3, -0.25) is 0 Å². The molecule has 15 heavy (non-hydrogen) atoms. The van der Waals surface area contributed by atoms with Crippen molar-refractivity contribution in [2.45, 2.75) is 39.7 Å². The first-order valence-electron chi connectivity index (χ1n) is 5.65. The first-order valence-corrected chi connectivity index (χ1v) is 7.25. The molecule has 0 amide bonds. The van der Waals surface area contributed by atoms with Crippen LogP contribution in [0.25, 0.3) is 0 Å². The van der Waals surface area contributed by atoms with Gasteiger partial charge >= 0.3 is 0 Å². The Kier molecular flexibility index (Phi) is 5.87. The van der Waals surface area contributed by atoms with Crippen molar-refractivity contribution >= 4 is 27.3 Å². The third-order valence-electron chi connectivity index (χ3n) is 2.85. The lowest BCUT2D eigenvalue weighted by Crippen LogP contribution is -2.34. The van der Waals surface area contributed by atoms with Crippen LogP contribution >= 0.6 is 27.3 Å². The van der Waals surface area contributed by atoms with Gasteiger partial charge in [-0.2, -0.15) is 0 Å². The molecular formula is C12H20BrNS. The van der Waals surface area contributed by atoms with E-state index in [2.05, 4.69) is 54.2 Å². The maximum atomic E-state index is 3.52. The standard InChI is InChI=1S/C12H20BrNS/c1-4-10(9(3)14-5-2)8-11-6-7-12(13)15-11/h6-7,9-10,14H,4-5,8H2,1-3H3. The highest BCUT2D eigenvalue weighted by Crippen LogP contribution is 2.26. The van der Waals surface area contributed by atoms with Crippen LogP contribution in [-0.4, -0.2) is 12.6 Å². The molecule has 86 valence electrons. The summed E-state index contributed by atoms with van der Waals surface area (Å²) < 4.78 is 1.24. The third kappa shape index (κ3) is 4.25. The van der Waals surface area contributed by atoms with Crippen molar-refractivity contribution in [2.75, 3.05) is 6.54 Å². The van der Waals surface area contributed by atoms with E-state index in [0.29, 0.717) is 6.04 Å². The Morgan fingerprint density at radius 2 is 2.13 bits per heavy atom. The molecule has 1 aromatic heterocycles. The molecule has 0 aliphatic rings. The van der Waals surface area contributed by atoms with Gasteiger partial charge in [0.25, 0.3) is 0 Å². The normalized spacial score (nSPS) is 15.2. The van der Waals surface area contributed by atoms with Gasteiger partial charge in [0.2, 0.25) is 0 Å². The molecule has 0 spiro atoms. The fourth-order valence-corrected chi connectivity index (χ4v) is 3.46. The SMILES string of the molecule is CCNC(C)C(CC)Cc1ccc(Br)s1. The summed E-state index contributed by atoms with van der Waals surface area (Å²) in [5.74, 6) is 0.746. The Morgan fingerprint density at radius 1 is 1.40 bits per heavy atom. The predicted molar refractivity (Wildman–Crippen MR) is 72.6 cm³/mol. The lowest BCUT2D eigenvalue weighted by atomic mass is 9.94. The van der Waals surface area contributed by atoms with Crippen LogP contribution in [-0.2, 0) is 6.42 Å². The average Bonchev–Trinajstić information content (AvgIpc) is 2.61. The van der Waals surface area contributed by atoms with Crippen LogP contribution in [0.2, 0.25) is 0 Å². The molecule has 0 bridgehead atoms. The van der Waals surface area contributed by atoms with Crippen LogP contribution in [0.3, 0.4) is 0 Å². The van der Waals surface area contributed by atoms with Crippen LogP contribution in [0.1, 0.15) is 32.1 Å². The van der Waals surface area contributed by atoms with Gasteiger partial charge < -0.3 is 5.32 Å². The molecule has 0 fully saturated rings. The lowest BCUT2D eigenvalue weighted by Gasteiger charge is -2.22. The summed E-state index contributed by atoms with van der Waals surface area (Å²) in [4.78, 5) is 1.48. The van der Waals surface area contributed by atoms with E-state index in [-0.39, 0.29) is 0 Å². The molecule has 1 heterocycles. The summed E-state index contributed by atoms with van der Waals surface area (Å²) in [5, 5.41) is 3.52. The Bertz CT molecular complexity index is 285. The second-order valence-corrected chi connectivity index (χ2v) is 6.47. The van der Waals surface area contributed by atoms with Gasteiger partial charge in [0, 0.05) is 10.9 Å². The van der Waals surface area contributed by atoms with Crippen molar-refractivity contribution in [3.8, 4) is 0 Å². The Balaban J connectivity index is 2.53. The summed E-state index contributed by atoms with van der Waals surface area (Å²) in [5.41, 5.74) is 0. The number of hydrogen-bond donors (Lipinski definition) is 1. The summed E-state index contributed by atoms with van der Waals surface area (Å²) in [6.07, 6.45) is 2.44. The summed E-state index contributed by atoms with van der Waals surface area (Å²) in [7, 11) is 0. The van der Waals surface area contributed by atoms with Crippen molar-refractivity contribution in [3.05, 3.63) is 20.8 Å². The second kappa shape index (κ2) is 6.66. The summed E-state index contributed by atoms with van der Waals surface area (Å²) in [6, 6.07) is 4.99. The molecule has 1 nitrogen and oxygen atoms in total. The Labute approximate surface area is 105 Å². The van der Waals surface area contributed by atoms with E-state index in [0.717, 1.165) is 12.5 Å². The van der Waals surface area contributed by atoms with E-state index in [1.807, 2.05) is 11.3 Å². The van der Waals surface area contributed by atoms with E-state index >= 15 is 0 Å². The molecule has 1 aromatic rings. The van der Waals surface area contributed by atoms with E-state index in [4.69, 9.17) is 0 Å². The molecule has 1 N–H and O–H groups in total. The minimum absolute atomic E-state index is 0.612. The maximum Gasteiger partial charge on any atom is 0.0701 e. The average molecular weight is 290 g/mol. The monoisotopic (exact) mass is 289 g/mol. The van der Waals surface area contributed by atoms with E-state index in [1.54, 1.807) is 0 Å². The zero-order chi connectivity index (χ0) is 11.3. The molecule has 0 radical (unpaired) electrons. The van der Waals surface area contributed by atoms with E-state index < -0.39 is 0 Å². The molecule has 0 saturated heterocycles. The highest BCUT2D eigenvalue weighted by atomic mass is 79.9. The molecule has 3 heteroatoms. The number of nitrogens with one attached hydrogen (secondary N) is 1. The molecule has 0 saturated carbocycles. The van der Waals surface area contributed by atoms with Crippen molar-refractivity contribution < 1.29 is 0 Å². The van der Waals surface area contributed by atoms with Crippen LogP contribution in [0.4, 0.5) is 0 Å². The third-order valence-corrected chi connectivity index (χ3v) is 4.50. The molecule has 2 unspecified atom stereocenters. The van der Waals surface area contributed by atoms with Gasteiger partial charge in [0.05, 0.1) is 3.79 Å². The fourth-order valence-electron chi connectivity index (χ4n) is 1.88. The minimum atomic E-state index is 0.612. The van der Waals surface area contributed by atoms with Gasteiger partial charge in [-0.1, -0.05) is 20.3 Å². The van der Waals surface area contributed by atoms with E-state index in [1.165, 1.54) is 21.5 Å². The van der Waals surface area contributed by atoms with E-state index in [9.17, 15) is 0 Å². The number of hydrogen-bond acceptors (Lipinski definition) is 2. The van der Waals surface area contributed by atoms with Crippen LogP contribution in [0.15, 0.2) is 15.9 Å². The largest absolute Gasteiger partial charge is 0.314 e. The highest BCUT2D eigenvalue weighted by Gasteiger charge is 2.15.